The highest BCUT2D eigenvalue weighted by Crippen LogP contribution is 2.13. The molecular formula is C8H18O3. The van der Waals surface area contributed by atoms with Gasteiger partial charge in [0.15, 0.2) is 5.79 Å². The fourth-order valence-corrected chi connectivity index (χ4v) is 0.456. The van der Waals surface area contributed by atoms with Gasteiger partial charge >= 0.3 is 0 Å². The van der Waals surface area contributed by atoms with E-state index in [1.165, 1.54) is 0 Å². The molecule has 0 aromatic carbocycles. The van der Waals surface area contributed by atoms with E-state index in [2.05, 4.69) is 0 Å². The normalized spacial score (nSPS) is 13.1. The molecule has 68 valence electrons. The molecule has 0 aliphatic carbocycles. The molecule has 0 heterocycles. The third kappa shape index (κ3) is 4.35. The van der Waals surface area contributed by atoms with Gasteiger partial charge in [0.2, 0.25) is 0 Å². The minimum atomic E-state index is -1.69. The van der Waals surface area contributed by atoms with Gasteiger partial charge < -0.3 is 14.9 Å². The maximum atomic E-state index is 9.27. The summed E-state index contributed by atoms with van der Waals surface area (Å²) >= 11 is 0. The minimum Gasteiger partial charge on any atom is -0.373 e. The van der Waals surface area contributed by atoms with Crippen molar-refractivity contribution in [2.45, 2.75) is 39.6 Å². The van der Waals surface area contributed by atoms with Gasteiger partial charge in [-0.05, 0) is 13.8 Å². The van der Waals surface area contributed by atoms with Crippen LogP contribution < -0.4 is 0 Å². The van der Waals surface area contributed by atoms with Crippen LogP contribution in [0, 0.1) is 5.92 Å². The first-order valence-electron chi connectivity index (χ1n) is 3.92. The Bertz CT molecular complexity index is 108. The smallest absolute Gasteiger partial charge is 0.189 e. The molecule has 0 atom stereocenters. The maximum Gasteiger partial charge on any atom is 0.189 e. The van der Waals surface area contributed by atoms with E-state index in [0.29, 0.717) is 0 Å². The second-order valence-corrected chi connectivity index (χ2v) is 3.39. The average molecular weight is 162 g/mol. The van der Waals surface area contributed by atoms with Crippen LogP contribution in [-0.4, -0.2) is 28.7 Å². The van der Waals surface area contributed by atoms with Gasteiger partial charge in [-0.1, -0.05) is 13.8 Å². The zero-order valence-electron chi connectivity index (χ0n) is 7.66. The molecule has 0 amide bonds. The van der Waals surface area contributed by atoms with Gasteiger partial charge in [-0.25, -0.2) is 0 Å². The van der Waals surface area contributed by atoms with Crippen molar-refractivity contribution in [1.82, 2.24) is 0 Å². The molecule has 11 heavy (non-hydrogen) atoms. The molecule has 0 rings (SSSR count). The largest absolute Gasteiger partial charge is 0.373 e. The van der Waals surface area contributed by atoms with E-state index >= 15 is 0 Å². The van der Waals surface area contributed by atoms with Crippen LogP contribution in [0.3, 0.4) is 0 Å². The first kappa shape index (κ1) is 10.9. The van der Waals surface area contributed by atoms with Crippen molar-refractivity contribution in [3.05, 3.63) is 0 Å². The van der Waals surface area contributed by atoms with E-state index in [0.717, 1.165) is 0 Å². The predicted octanol–water partition coefficient (Wildman–Crippen LogP) is 0.748. The van der Waals surface area contributed by atoms with Crippen LogP contribution in [0.1, 0.15) is 27.7 Å². The number of hydrogen-bond donors (Lipinski definition) is 2. The molecule has 3 nitrogen and oxygen atoms in total. The highest BCUT2D eigenvalue weighted by Gasteiger charge is 2.27. The fraction of sp³-hybridized carbons (Fsp3) is 1.00. The molecule has 0 spiro atoms. The summed E-state index contributed by atoms with van der Waals surface area (Å²) in [5, 5.41) is 18.5. The van der Waals surface area contributed by atoms with Crippen LogP contribution in [0.5, 0.6) is 0 Å². The van der Waals surface area contributed by atoms with E-state index in [-0.39, 0.29) is 18.6 Å². The summed E-state index contributed by atoms with van der Waals surface area (Å²) < 4.78 is 5.07. The van der Waals surface area contributed by atoms with Gasteiger partial charge in [0.25, 0.3) is 0 Å². The van der Waals surface area contributed by atoms with Crippen molar-refractivity contribution in [2.24, 2.45) is 5.92 Å². The molecule has 0 unspecified atom stereocenters. The molecule has 0 aromatic rings. The first-order valence-corrected chi connectivity index (χ1v) is 3.92. The van der Waals surface area contributed by atoms with Gasteiger partial charge in [-0.3, -0.25) is 0 Å². The van der Waals surface area contributed by atoms with Crippen molar-refractivity contribution >= 4 is 0 Å². The Labute approximate surface area is 68.0 Å². The summed E-state index contributed by atoms with van der Waals surface area (Å²) in [6, 6.07) is 0. The first-order chi connectivity index (χ1) is 4.86. The van der Waals surface area contributed by atoms with E-state index in [9.17, 15) is 10.2 Å². The average Bonchev–Trinajstić information content (AvgIpc) is 1.84. The molecule has 0 aliphatic rings. The molecule has 0 aromatic heterocycles. The number of aliphatic hydroxyl groups is 2. The lowest BCUT2D eigenvalue weighted by atomic mass is 10.0. The topological polar surface area (TPSA) is 49.7 Å². The van der Waals surface area contributed by atoms with Gasteiger partial charge in [0.05, 0.1) is 6.10 Å². The summed E-state index contributed by atoms with van der Waals surface area (Å²) in [7, 11) is 0. The Kier molecular flexibility index (Phi) is 4.00. The minimum absolute atomic E-state index is 0.0255. The Morgan fingerprint density at radius 3 is 1.91 bits per heavy atom. The van der Waals surface area contributed by atoms with Gasteiger partial charge in [-0.15, -0.1) is 0 Å². The highest BCUT2D eigenvalue weighted by molar-refractivity contribution is 4.67. The molecule has 0 bridgehead atoms. The van der Waals surface area contributed by atoms with Crippen LogP contribution >= 0.6 is 0 Å². The molecule has 0 aliphatic heterocycles. The van der Waals surface area contributed by atoms with E-state index in [1.807, 2.05) is 13.8 Å². The zero-order valence-corrected chi connectivity index (χ0v) is 7.66. The molecule has 3 heteroatoms. The Hall–Kier alpha value is -0.120. The SMILES string of the molecule is CC(C)OCC(O)(O)C(C)C. The molecule has 2 N–H and O–H groups in total. The van der Waals surface area contributed by atoms with Crippen molar-refractivity contribution in [2.75, 3.05) is 6.61 Å². The van der Waals surface area contributed by atoms with Crippen molar-refractivity contribution in [1.29, 1.82) is 0 Å². The lowest BCUT2D eigenvalue weighted by molar-refractivity contribution is -0.229. The summed E-state index contributed by atoms with van der Waals surface area (Å²) in [6.07, 6.45) is 0.0347. The number of ether oxygens (including phenoxy) is 1. The van der Waals surface area contributed by atoms with E-state index in [4.69, 9.17) is 4.74 Å². The molecular weight excluding hydrogens is 144 g/mol. The Morgan fingerprint density at radius 1 is 1.18 bits per heavy atom. The third-order valence-corrected chi connectivity index (χ3v) is 1.55. The molecule has 0 saturated heterocycles. The number of hydrogen-bond acceptors (Lipinski definition) is 3. The van der Waals surface area contributed by atoms with Crippen LogP contribution in [0.15, 0.2) is 0 Å². The molecule has 0 saturated carbocycles. The van der Waals surface area contributed by atoms with E-state index in [1.54, 1.807) is 13.8 Å². The van der Waals surface area contributed by atoms with Crippen LogP contribution in [-0.2, 0) is 4.74 Å². The van der Waals surface area contributed by atoms with Crippen molar-refractivity contribution in [3.8, 4) is 0 Å². The Balaban J connectivity index is 3.73. The lowest BCUT2D eigenvalue weighted by Gasteiger charge is -2.26. The number of rotatable bonds is 4. The quantitative estimate of drug-likeness (QED) is 0.600. The van der Waals surface area contributed by atoms with Gasteiger partial charge in [-0.2, -0.15) is 0 Å². The van der Waals surface area contributed by atoms with Crippen LogP contribution in [0.25, 0.3) is 0 Å². The summed E-state index contributed by atoms with van der Waals surface area (Å²) in [4.78, 5) is 0. The predicted molar refractivity (Wildman–Crippen MR) is 43.1 cm³/mol. The zero-order chi connectivity index (χ0) is 9.07. The fourth-order valence-electron chi connectivity index (χ4n) is 0.456. The summed E-state index contributed by atoms with van der Waals surface area (Å²) in [5.41, 5.74) is 0. The lowest BCUT2D eigenvalue weighted by Crippen LogP contribution is -2.40. The standard InChI is InChI=1S/C8H18O3/c1-6(2)8(9,10)5-11-7(3)4/h6-7,9-10H,5H2,1-4H3. The van der Waals surface area contributed by atoms with Crippen LogP contribution in [0.4, 0.5) is 0 Å². The van der Waals surface area contributed by atoms with Crippen LogP contribution in [0.2, 0.25) is 0 Å². The summed E-state index contributed by atoms with van der Waals surface area (Å²) in [6.45, 7) is 7.17. The second-order valence-electron chi connectivity index (χ2n) is 3.39. The Morgan fingerprint density at radius 2 is 1.64 bits per heavy atom. The van der Waals surface area contributed by atoms with Gasteiger partial charge in [0.1, 0.15) is 6.61 Å². The third-order valence-electron chi connectivity index (χ3n) is 1.55. The second kappa shape index (κ2) is 4.04. The summed E-state index contributed by atoms with van der Waals surface area (Å²) in [5.74, 6) is -1.90. The van der Waals surface area contributed by atoms with Crippen molar-refractivity contribution < 1.29 is 14.9 Å². The monoisotopic (exact) mass is 162 g/mol. The van der Waals surface area contributed by atoms with Gasteiger partial charge in [0, 0.05) is 5.92 Å². The van der Waals surface area contributed by atoms with E-state index < -0.39 is 5.79 Å². The molecule has 0 fully saturated rings. The van der Waals surface area contributed by atoms with Crippen molar-refractivity contribution in [3.63, 3.8) is 0 Å². The highest BCUT2D eigenvalue weighted by atomic mass is 16.6. The maximum absolute atomic E-state index is 9.27. The molecule has 0 radical (unpaired) electrons.